The fourth-order valence-corrected chi connectivity index (χ4v) is 2.03. The van der Waals surface area contributed by atoms with E-state index in [-0.39, 0.29) is 5.91 Å². The summed E-state index contributed by atoms with van der Waals surface area (Å²) in [5.41, 5.74) is 0.967. The van der Waals surface area contributed by atoms with Gasteiger partial charge in [-0.3, -0.25) is 9.69 Å². The Bertz CT molecular complexity index is 361. The minimum Gasteiger partial charge on any atom is -0.296 e. The number of anilines is 1. The van der Waals surface area contributed by atoms with Gasteiger partial charge in [-0.1, -0.05) is 15.9 Å². The van der Waals surface area contributed by atoms with Crippen molar-refractivity contribution in [2.75, 3.05) is 16.8 Å². The van der Waals surface area contributed by atoms with Gasteiger partial charge in [0.15, 0.2) is 0 Å². The molecule has 0 bridgehead atoms. The molecule has 14 heavy (non-hydrogen) atoms. The summed E-state index contributed by atoms with van der Waals surface area (Å²) in [6.45, 7) is 3.66. The average molecular weight is 258 g/mol. The molecule has 1 amide bonds. The molecule has 0 unspecified atom stereocenters. The van der Waals surface area contributed by atoms with E-state index in [9.17, 15) is 4.79 Å². The topological polar surface area (TPSA) is 38.1 Å². The first-order valence-corrected chi connectivity index (χ1v) is 5.75. The van der Waals surface area contributed by atoms with E-state index in [1.165, 1.54) is 0 Å². The molecule has 4 nitrogen and oxygen atoms in total. The standard InChI is InChI=1S/C9H12BrN3O/c1-7-5-8-12(9(14)6-10)3-2-4-13(8)11-7/h5H,2-4,6H2,1H3. The van der Waals surface area contributed by atoms with Crippen molar-refractivity contribution >= 4 is 27.7 Å². The Balaban J connectivity index is 2.34. The van der Waals surface area contributed by atoms with Gasteiger partial charge < -0.3 is 0 Å². The number of fused-ring (bicyclic) bond motifs is 1. The lowest BCUT2D eigenvalue weighted by Crippen LogP contribution is -2.38. The molecule has 0 atom stereocenters. The van der Waals surface area contributed by atoms with Crippen molar-refractivity contribution in [3.05, 3.63) is 11.8 Å². The maximum absolute atomic E-state index is 11.6. The molecule has 0 saturated carbocycles. The summed E-state index contributed by atoms with van der Waals surface area (Å²) in [5.74, 6) is 1.03. The summed E-state index contributed by atoms with van der Waals surface area (Å²) in [7, 11) is 0. The number of alkyl halides is 1. The van der Waals surface area contributed by atoms with Crippen LogP contribution in [0, 0.1) is 6.92 Å². The van der Waals surface area contributed by atoms with Crippen LogP contribution in [0.1, 0.15) is 12.1 Å². The van der Waals surface area contributed by atoms with Crippen LogP contribution in [0.4, 0.5) is 5.82 Å². The number of nitrogens with zero attached hydrogens (tertiary/aromatic N) is 3. The van der Waals surface area contributed by atoms with Crippen molar-refractivity contribution in [2.45, 2.75) is 19.9 Å². The number of carbonyl (C=O) groups is 1. The predicted molar refractivity (Wildman–Crippen MR) is 57.7 cm³/mol. The van der Waals surface area contributed by atoms with Gasteiger partial charge in [0, 0.05) is 19.2 Å². The lowest BCUT2D eigenvalue weighted by atomic mass is 10.3. The molecule has 0 saturated heterocycles. The van der Waals surface area contributed by atoms with Crippen LogP contribution in [0.15, 0.2) is 6.07 Å². The van der Waals surface area contributed by atoms with Gasteiger partial charge in [0.05, 0.1) is 11.0 Å². The molecule has 2 rings (SSSR count). The van der Waals surface area contributed by atoms with Crippen LogP contribution < -0.4 is 4.90 Å². The molecule has 1 aromatic rings. The van der Waals surface area contributed by atoms with E-state index in [1.807, 2.05) is 17.7 Å². The number of carbonyl (C=O) groups excluding carboxylic acids is 1. The van der Waals surface area contributed by atoms with Crippen LogP contribution in [-0.4, -0.2) is 27.6 Å². The number of hydrogen-bond donors (Lipinski definition) is 0. The van der Waals surface area contributed by atoms with Crippen LogP contribution in [0.2, 0.25) is 0 Å². The van der Waals surface area contributed by atoms with E-state index < -0.39 is 0 Å². The van der Waals surface area contributed by atoms with Crippen molar-refractivity contribution in [2.24, 2.45) is 0 Å². The van der Waals surface area contributed by atoms with Gasteiger partial charge in [0.2, 0.25) is 5.91 Å². The highest BCUT2D eigenvalue weighted by Crippen LogP contribution is 2.21. The molecule has 2 heterocycles. The Morgan fingerprint density at radius 2 is 2.43 bits per heavy atom. The molecule has 0 radical (unpaired) electrons. The van der Waals surface area contributed by atoms with Crippen molar-refractivity contribution in [1.82, 2.24) is 9.78 Å². The monoisotopic (exact) mass is 257 g/mol. The summed E-state index contributed by atoms with van der Waals surface area (Å²) in [6, 6.07) is 1.96. The minimum absolute atomic E-state index is 0.103. The smallest absolute Gasteiger partial charge is 0.238 e. The highest BCUT2D eigenvalue weighted by atomic mass is 79.9. The number of rotatable bonds is 1. The lowest BCUT2D eigenvalue weighted by molar-refractivity contribution is -0.116. The predicted octanol–water partition coefficient (Wildman–Crippen LogP) is 1.32. The van der Waals surface area contributed by atoms with Gasteiger partial charge in [-0.25, -0.2) is 4.68 Å². The van der Waals surface area contributed by atoms with Crippen LogP contribution >= 0.6 is 15.9 Å². The number of hydrogen-bond acceptors (Lipinski definition) is 2. The summed E-state index contributed by atoms with van der Waals surface area (Å²) in [4.78, 5) is 13.4. The third-order valence-corrected chi connectivity index (χ3v) is 2.80. The zero-order valence-electron chi connectivity index (χ0n) is 8.03. The first kappa shape index (κ1) is 9.71. The van der Waals surface area contributed by atoms with Crippen LogP contribution in [-0.2, 0) is 11.3 Å². The van der Waals surface area contributed by atoms with Crippen molar-refractivity contribution in [3.8, 4) is 0 Å². The van der Waals surface area contributed by atoms with E-state index >= 15 is 0 Å². The molecule has 0 aliphatic carbocycles. The number of aryl methyl sites for hydroxylation is 2. The van der Waals surface area contributed by atoms with E-state index in [1.54, 1.807) is 4.90 Å². The molecule has 1 aliphatic rings. The van der Waals surface area contributed by atoms with Gasteiger partial charge >= 0.3 is 0 Å². The van der Waals surface area contributed by atoms with Gasteiger partial charge in [-0.15, -0.1) is 0 Å². The minimum atomic E-state index is 0.103. The van der Waals surface area contributed by atoms with Gasteiger partial charge in [0.1, 0.15) is 5.82 Å². The number of halogens is 1. The maximum atomic E-state index is 11.6. The second-order valence-electron chi connectivity index (χ2n) is 3.40. The Morgan fingerprint density at radius 3 is 3.14 bits per heavy atom. The highest BCUT2D eigenvalue weighted by Gasteiger charge is 2.22. The fraction of sp³-hybridized carbons (Fsp3) is 0.556. The second kappa shape index (κ2) is 3.73. The normalized spacial score (nSPS) is 15.4. The van der Waals surface area contributed by atoms with Gasteiger partial charge in [0.25, 0.3) is 0 Å². The highest BCUT2D eigenvalue weighted by molar-refractivity contribution is 9.09. The molecule has 0 N–H and O–H groups in total. The maximum Gasteiger partial charge on any atom is 0.238 e. The fourth-order valence-electron chi connectivity index (χ4n) is 1.73. The zero-order valence-corrected chi connectivity index (χ0v) is 9.62. The van der Waals surface area contributed by atoms with E-state index in [2.05, 4.69) is 21.0 Å². The number of aromatic nitrogens is 2. The molecule has 5 heteroatoms. The van der Waals surface area contributed by atoms with Crippen LogP contribution in [0.25, 0.3) is 0 Å². The molecule has 1 aromatic heterocycles. The molecule has 0 aromatic carbocycles. The van der Waals surface area contributed by atoms with Gasteiger partial charge in [-0.2, -0.15) is 5.10 Å². The molecule has 0 spiro atoms. The number of amides is 1. The van der Waals surface area contributed by atoms with Crippen molar-refractivity contribution < 1.29 is 4.79 Å². The molecule has 0 fully saturated rings. The Morgan fingerprint density at radius 1 is 1.64 bits per heavy atom. The summed E-state index contributed by atoms with van der Waals surface area (Å²) in [6.07, 6.45) is 0.979. The summed E-state index contributed by atoms with van der Waals surface area (Å²) in [5, 5.41) is 4.70. The SMILES string of the molecule is Cc1cc2n(n1)CCCN2C(=O)CBr. The van der Waals surface area contributed by atoms with E-state index in [0.29, 0.717) is 5.33 Å². The molecule has 1 aliphatic heterocycles. The Labute approximate surface area is 91.0 Å². The van der Waals surface area contributed by atoms with E-state index in [0.717, 1.165) is 31.0 Å². The van der Waals surface area contributed by atoms with Gasteiger partial charge in [-0.05, 0) is 13.3 Å². The summed E-state index contributed by atoms with van der Waals surface area (Å²) < 4.78 is 1.90. The third-order valence-electron chi connectivity index (χ3n) is 2.32. The summed E-state index contributed by atoms with van der Waals surface area (Å²) >= 11 is 3.19. The zero-order chi connectivity index (χ0) is 10.1. The first-order chi connectivity index (χ1) is 6.72. The molecule has 76 valence electrons. The van der Waals surface area contributed by atoms with Crippen molar-refractivity contribution in [1.29, 1.82) is 0 Å². The van der Waals surface area contributed by atoms with Crippen molar-refractivity contribution in [3.63, 3.8) is 0 Å². The Hall–Kier alpha value is -0.840. The first-order valence-electron chi connectivity index (χ1n) is 4.63. The quantitative estimate of drug-likeness (QED) is 0.712. The van der Waals surface area contributed by atoms with Crippen LogP contribution in [0.3, 0.4) is 0 Å². The largest absolute Gasteiger partial charge is 0.296 e. The average Bonchev–Trinajstić information content (AvgIpc) is 2.56. The molecular weight excluding hydrogens is 246 g/mol. The Kier molecular flexibility index (Phi) is 2.58. The second-order valence-corrected chi connectivity index (χ2v) is 3.96. The lowest BCUT2D eigenvalue weighted by Gasteiger charge is -2.26. The van der Waals surface area contributed by atoms with E-state index in [4.69, 9.17) is 0 Å². The van der Waals surface area contributed by atoms with Crippen LogP contribution in [0.5, 0.6) is 0 Å². The third kappa shape index (κ3) is 1.56. The molecular formula is C9H12BrN3O.